The monoisotopic (exact) mass is 422 g/mol. The third-order valence-corrected chi connectivity index (χ3v) is 7.38. The SMILES string of the molecule is c1ccc2cc(CN3CCCC3C3CCCN3Cc3cc4ccccc4cn3)ncc2c1. The standard InChI is InChI=1S/C28H30N4/c1-3-9-23-17-29-25(15-21(23)7-1)19-31-13-5-11-27(31)28-12-6-14-32(28)20-26-16-22-8-2-4-10-24(22)18-30-26/h1-4,7-10,15-18,27-28H,5-6,11-14,19-20H2. The van der Waals surface area contributed by atoms with Gasteiger partial charge in [-0.15, -0.1) is 0 Å². The zero-order chi connectivity index (χ0) is 21.3. The van der Waals surface area contributed by atoms with E-state index in [0.717, 1.165) is 13.1 Å². The van der Waals surface area contributed by atoms with E-state index in [1.165, 1.54) is 71.7 Å². The molecule has 32 heavy (non-hydrogen) atoms. The molecular formula is C28H30N4. The molecule has 0 amide bonds. The van der Waals surface area contributed by atoms with Crippen LogP contribution in [0.1, 0.15) is 37.1 Å². The van der Waals surface area contributed by atoms with E-state index < -0.39 is 0 Å². The molecule has 2 unspecified atom stereocenters. The Morgan fingerprint density at radius 2 is 1.06 bits per heavy atom. The number of aromatic nitrogens is 2. The molecule has 0 saturated carbocycles. The Bertz CT molecular complexity index is 1140. The number of hydrogen-bond donors (Lipinski definition) is 0. The van der Waals surface area contributed by atoms with E-state index in [-0.39, 0.29) is 0 Å². The number of fused-ring (bicyclic) bond motifs is 2. The van der Waals surface area contributed by atoms with Crippen molar-refractivity contribution in [2.75, 3.05) is 13.1 Å². The molecular weight excluding hydrogens is 392 g/mol. The summed E-state index contributed by atoms with van der Waals surface area (Å²) in [4.78, 5) is 14.9. The van der Waals surface area contributed by atoms with Gasteiger partial charge in [0.05, 0.1) is 11.4 Å². The van der Waals surface area contributed by atoms with Gasteiger partial charge in [0.25, 0.3) is 0 Å². The highest BCUT2D eigenvalue weighted by Gasteiger charge is 2.37. The van der Waals surface area contributed by atoms with Crippen molar-refractivity contribution >= 4 is 21.5 Å². The van der Waals surface area contributed by atoms with Crippen LogP contribution in [0.4, 0.5) is 0 Å². The van der Waals surface area contributed by atoms with Gasteiger partial charge in [-0.05, 0) is 61.7 Å². The zero-order valence-corrected chi connectivity index (χ0v) is 18.5. The summed E-state index contributed by atoms with van der Waals surface area (Å²) in [7, 11) is 0. The van der Waals surface area contributed by atoms with E-state index in [9.17, 15) is 0 Å². The summed E-state index contributed by atoms with van der Waals surface area (Å²) in [5.41, 5.74) is 2.38. The van der Waals surface area contributed by atoms with Gasteiger partial charge in [-0.25, -0.2) is 0 Å². The largest absolute Gasteiger partial charge is 0.293 e. The summed E-state index contributed by atoms with van der Waals surface area (Å²) in [6.07, 6.45) is 9.22. The van der Waals surface area contributed by atoms with Gasteiger partial charge in [0, 0.05) is 48.3 Å². The maximum Gasteiger partial charge on any atom is 0.0550 e. The molecule has 0 bridgehead atoms. The van der Waals surface area contributed by atoms with Crippen LogP contribution in [0.2, 0.25) is 0 Å². The molecule has 0 spiro atoms. The van der Waals surface area contributed by atoms with E-state index in [4.69, 9.17) is 9.97 Å². The molecule has 2 aromatic heterocycles. The van der Waals surface area contributed by atoms with Crippen molar-refractivity contribution in [1.82, 2.24) is 19.8 Å². The van der Waals surface area contributed by atoms with Gasteiger partial charge in [-0.2, -0.15) is 0 Å². The molecule has 2 aliphatic heterocycles. The van der Waals surface area contributed by atoms with Crippen LogP contribution < -0.4 is 0 Å². The zero-order valence-electron chi connectivity index (χ0n) is 18.5. The minimum absolute atomic E-state index is 0.617. The maximum absolute atomic E-state index is 4.78. The Kier molecular flexibility index (Phi) is 5.34. The van der Waals surface area contributed by atoms with Crippen molar-refractivity contribution in [1.29, 1.82) is 0 Å². The molecule has 4 heteroatoms. The van der Waals surface area contributed by atoms with Crippen molar-refractivity contribution in [2.24, 2.45) is 0 Å². The molecule has 2 saturated heterocycles. The van der Waals surface area contributed by atoms with E-state index in [1.54, 1.807) is 0 Å². The molecule has 162 valence electrons. The lowest BCUT2D eigenvalue weighted by Crippen LogP contribution is -2.45. The number of hydrogen-bond acceptors (Lipinski definition) is 4. The van der Waals surface area contributed by atoms with Gasteiger partial charge >= 0.3 is 0 Å². The summed E-state index contributed by atoms with van der Waals surface area (Å²) in [6, 6.07) is 22.8. The number of rotatable bonds is 5. The summed E-state index contributed by atoms with van der Waals surface area (Å²) in [5.74, 6) is 0. The molecule has 0 N–H and O–H groups in total. The van der Waals surface area contributed by atoms with Crippen LogP contribution in [-0.2, 0) is 13.1 Å². The lowest BCUT2D eigenvalue weighted by atomic mass is 10.0. The quantitative estimate of drug-likeness (QED) is 0.430. The molecule has 4 aromatic rings. The highest BCUT2D eigenvalue weighted by molar-refractivity contribution is 5.82. The topological polar surface area (TPSA) is 32.3 Å². The van der Waals surface area contributed by atoms with Gasteiger partial charge in [0.2, 0.25) is 0 Å². The first-order valence-electron chi connectivity index (χ1n) is 12.0. The summed E-state index contributed by atoms with van der Waals surface area (Å²) in [5, 5.41) is 5.02. The van der Waals surface area contributed by atoms with Crippen molar-refractivity contribution in [2.45, 2.75) is 50.9 Å². The lowest BCUT2D eigenvalue weighted by molar-refractivity contribution is 0.122. The molecule has 2 atom stereocenters. The predicted octanol–water partition coefficient (Wildman–Crippen LogP) is 5.41. The van der Waals surface area contributed by atoms with Gasteiger partial charge in [-0.1, -0.05) is 48.5 Å². The predicted molar refractivity (Wildman–Crippen MR) is 130 cm³/mol. The number of benzene rings is 2. The average Bonchev–Trinajstić information content (AvgIpc) is 3.48. The van der Waals surface area contributed by atoms with E-state index in [1.807, 2.05) is 12.4 Å². The Morgan fingerprint density at radius 1 is 0.625 bits per heavy atom. The summed E-state index contributed by atoms with van der Waals surface area (Å²) < 4.78 is 0. The van der Waals surface area contributed by atoms with Crippen LogP contribution in [0, 0.1) is 0 Å². The second-order valence-corrected chi connectivity index (χ2v) is 9.41. The van der Waals surface area contributed by atoms with Crippen LogP contribution in [-0.4, -0.2) is 44.9 Å². The first-order valence-corrected chi connectivity index (χ1v) is 12.0. The van der Waals surface area contributed by atoms with Crippen molar-refractivity contribution < 1.29 is 0 Å². The molecule has 6 rings (SSSR count). The van der Waals surface area contributed by atoms with Gasteiger partial charge in [-0.3, -0.25) is 19.8 Å². The Hall–Kier alpha value is -2.82. The third-order valence-electron chi connectivity index (χ3n) is 7.38. The molecule has 2 fully saturated rings. The van der Waals surface area contributed by atoms with Gasteiger partial charge in [0.15, 0.2) is 0 Å². The van der Waals surface area contributed by atoms with E-state index in [0.29, 0.717) is 12.1 Å². The average molecular weight is 423 g/mol. The van der Waals surface area contributed by atoms with Gasteiger partial charge < -0.3 is 0 Å². The lowest BCUT2D eigenvalue weighted by Gasteiger charge is -2.35. The minimum atomic E-state index is 0.617. The van der Waals surface area contributed by atoms with E-state index in [2.05, 4.69) is 70.5 Å². The van der Waals surface area contributed by atoms with Crippen LogP contribution in [0.5, 0.6) is 0 Å². The Labute approximate surface area is 189 Å². The maximum atomic E-state index is 4.78. The normalized spacial score (nSPS) is 22.2. The Balaban J connectivity index is 1.19. The smallest absolute Gasteiger partial charge is 0.0550 e. The number of likely N-dealkylation sites (tertiary alicyclic amines) is 2. The minimum Gasteiger partial charge on any atom is -0.293 e. The second-order valence-electron chi connectivity index (χ2n) is 9.41. The van der Waals surface area contributed by atoms with E-state index >= 15 is 0 Å². The molecule has 4 nitrogen and oxygen atoms in total. The molecule has 0 radical (unpaired) electrons. The molecule has 2 aromatic carbocycles. The Morgan fingerprint density at radius 3 is 1.53 bits per heavy atom. The molecule has 4 heterocycles. The first-order chi connectivity index (χ1) is 15.8. The van der Waals surface area contributed by atoms with Gasteiger partial charge in [0.1, 0.15) is 0 Å². The highest BCUT2D eigenvalue weighted by atomic mass is 15.3. The third kappa shape index (κ3) is 3.89. The fourth-order valence-electron chi connectivity index (χ4n) is 5.82. The fourth-order valence-corrected chi connectivity index (χ4v) is 5.82. The fraction of sp³-hybridized carbons (Fsp3) is 0.357. The van der Waals surface area contributed by atoms with Crippen LogP contribution in [0.3, 0.4) is 0 Å². The van der Waals surface area contributed by atoms with Crippen molar-refractivity contribution in [3.63, 3.8) is 0 Å². The summed E-state index contributed by atoms with van der Waals surface area (Å²) >= 11 is 0. The molecule has 2 aliphatic rings. The second kappa shape index (κ2) is 8.61. The van der Waals surface area contributed by atoms with Crippen LogP contribution in [0.15, 0.2) is 73.1 Å². The van der Waals surface area contributed by atoms with Crippen LogP contribution >= 0.6 is 0 Å². The van der Waals surface area contributed by atoms with Crippen molar-refractivity contribution in [3.8, 4) is 0 Å². The van der Waals surface area contributed by atoms with Crippen molar-refractivity contribution in [3.05, 3.63) is 84.4 Å². The first kappa shape index (κ1) is 19.8. The highest BCUT2D eigenvalue weighted by Crippen LogP contribution is 2.32. The molecule has 0 aliphatic carbocycles. The summed E-state index contributed by atoms with van der Waals surface area (Å²) in [6.45, 7) is 4.26. The van der Waals surface area contributed by atoms with Crippen LogP contribution in [0.25, 0.3) is 21.5 Å². The number of pyridine rings is 2. The number of nitrogens with zero attached hydrogens (tertiary/aromatic N) is 4.